The lowest BCUT2D eigenvalue weighted by Crippen LogP contribution is -2.39. The Kier molecular flexibility index (Phi) is 7.06. The fraction of sp³-hybridized carbons (Fsp3) is 1.00. The smallest absolute Gasteiger partial charge is 0.0232 e. The lowest BCUT2D eigenvalue weighted by atomic mass is 10.1. The van der Waals surface area contributed by atoms with Crippen molar-refractivity contribution in [3.63, 3.8) is 0 Å². The Labute approximate surface area is 102 Å². The van der Waals surface area contributed by atoms with Crippen LogP contribution >= 0.6 is 0 Å². The molecule has 2 nitrogen and oxygen atoms in total. The molecule has 1 rings (SSSR count). The van der Waals surface area contributed by atoms with Gasteiger partial charge in [0.25, 0.3) is 0 Å². The predicted octanol–water partition coefficient (Wildman–Crippen LogP) is 3.03. The average molecular weight is 226 g/mol. The van der Waals surface area contributed by atoms with Gasteiger partial charge >= 0.3 is 0 Å². The van der Waals surface area contributed by atoms with Gasteiger partial charge in [-0.2, -0.15) is 0 Å². The first-order chi connectivity index (χ1) is 7.75. The topological polar surface area (TPSA) is 15.3 Å². The van der Waals surface area contributed by atoms with Crippen LogP contribution < -0.4 is 5.32 Å². The van der Waals surface area contributed by atoms with Crippen molar-refractivity contribution in [3.05, 3.63) is 0 Å². The van der Waals surface area contributed by atoms with Gasteiger partial charge in [0.15, 0.2) is 0 Å². The van der Waals surface area contributed by atoms with Crippen LogP contribution in [0.3, 0.4) is 0 Å². The normalized spacial score (nSPS) is 22.9. The summed E-state index contributed by atoms with van der Waals surface area (Å²) in [6, 6.07) is 1.54. The lowest BCUT2D eigenvalue weighted by Gasteiger charge is -2.30. The van der Waals surface area contributed by atoms with Crippen molar-refractivity contribution < 1.29 is 0 Å². The lowest BCUT2D eigenvalue weighted by molar-refractivity contribution is 0.184. The zero-order chi connectivity index (χ0) is 11.8. The summed E-state index contributed by atoms with van der Waals surface area (Å²) < 4.78 is 0. The molecule has 1 saturated heterocycles. The highest BCUT2D eigenvalue weighted by Gasteiger charge is 2.22. The van der Waals surface area contributed by atoms with Crippen LogP contribution in [-0.4, -0.2) is 37.1 Å². The predicted molar refractivity (Wildman–Crippen MR) is 71.9 cm³/mol. The van der Waals surface area contributed by atoms with Crippen molar-refractivity contribution in [2.75, 3.05) is 20.1 Å². The van der Waals surface area contributed by atoms with Gasteiger partial charge in [-0.25, -0.2) is 0 Å². The molecule has 0 bridgehead atoms. The number of likely N-dealkylation sites (N-methyl/N-ethyl adjacent to an activating group) is 1. The molecular weight excluding hydrogens is 196 g/mol. The Morgan fingerprint density at radius 2 is 2.00 bits per heavy atom. The average Bonchev–Trinajstić information content (AvgIpc) is 2.81. The molecule has 96 valence electrons. The van der Waals surface area contributed by atoms with Gasteiger partial charge in [0, 0.05) is 18.6 Å². The summed E-state index contributed by atoms with van der Waals surface area (Å²) in [6.07, 6.45) is 9.73. The highest BCUT2D eigenvalue weighted by atomic mass is 15.2. The first kappa shape index (κ1) is 14.0. The number of hydrogen-bond acceptors (Lipinski definition) is 2. The van der Waals surface area contributed by atoms with E-state index in [1.165, 1.54) is 58.0 Å². The van der Waals surface area contributed by atoms with Crippen LogP contribution in [0.15, 0.2) is 0 Å². The maximum absolute atomic E-state index is 3.45. The summed E-state index contributed by atoms with van der Waals surface area (Å²) in [6.45, 7) is 7.07. The van der Waals surface area contributed by atoms with Crippen molar-refractivity contribution in [1.29, 1.82) is 0 Å². The third-order valence-electron chi connectivity index (χ3n) is 4.03. The molecule has 1 heterocycles. The first-order valence-electron chi connectivity index (χ1n) is 7.18. The van der Waals surface area contributed by atoms with E-state index in [9.17, 15) is 0 Å². The molecule has 1 aliphatic rings. The fourth-order valence-electron chi connectivity index (χ4n) is 2.59. The number of nitrogens with one attached hydrogen (secondary N) is 1. The fourth-order valence-corrected chi connectivity index (χ4v) is 2.59. The molecule has 16 heavy (non-hydrogen) atoms. The Balaban J connectivity index is 2.06. The molecule has 0 amide bonds. The zero-order valence-electron chi connectivity index (χ0n) is 11.5. The van der Waals surface area contributed by atoms with Crippen LogP contribution in [0.4, 0.5) is 0 Å². The number of rotatable bonds is 8. The second-order valence-electron chi connectivity index (χ2n) is 5.36. The Bertz CT molecular complexity index is 164. The molecule has 1 N–H and O–H groups in total. The van der Waals surface area contributed by atoms with Gasteiger partial charge in [0.05, 0.1) is 0 Å². The maximum Gasteiger partial charge on any atom is 0.0232 e. The van der Waals surface area contributed by atoms with Gasteiger partial charge in [-0.3, -0.25) is 4.90 Å². The minimum absolute atomic E-state index is 0.756. The standard InChI is InChI=1S/C14H30N2/c1-4-5-6-7-8-9-13(2)16(3)14-10-11-15-12-14/h13-15H,4-12H2,1-3H3. The second-order valence-corrected chi connectivity index (χ2v) is 5.36. The Morgan fingerprint density at radius 3 is 2.62 bits per heavy atom. The number of hydrogen-bond donors (Lipinski definition) is 1. The van der Waals surface area contributed by atoms with E-state index < -0.39 is 0 Å². The molecule has 2 atom stereocenters. The molecule has 0 saturated carbocycles. The van der Waals surface area contributed by atoms with E-state index in [1.807, 2.05) is 0 Å². The van der Waals surface area contributed by atoms with Crippen LogP contribution in [0.5, 0.6) is 0 Å². The molecule has 1 fully saturated rings. The van der Waals surface area contributed by atoms with E-state index in [1.54, 1.807) is 0 Å². The molecule has 0 aromatic carbocycles. The van der Waals surface area contributed by atoms with Crippen LogP contribution in [0.25, 0.3) is 0 Å². The Morgan fingerprint density at radius 1 is 1.25 bits per heavy atom. The van der Waals surface area contributed by atoms with Crippen LogP contribution in [0.2, 0.25) is 0 Å². The van der Waals surface area contributed by atoms with E-state index >= 15 is 0 Å². The number of unbranched alkanes of at least 4 members (excludes halogenated alkanes) is 4. The van der Waals surface area contributed by atoms with Gasteiger partial charge in [-0.05, 0) is 33.4 Å². The van der Waals surface area contributed by atoms with Gasteiger partial charge in [-0.1, -0.05) is 39.0 Å². The van der Waals surface area contributed by atoms with Crippen molar-refractivity contribution in [1.82, 2.24) is 10.2 Å². The third-order valence-corrected chi connectivity index (χ3v) is 4.03. The minimum Gasteiger partial charge on any atom is -0.315 e. The monoisotopic (exact) mass is 226 g/mol. The highest BCUT2D eigenvalue weighted by molar-refractivity contribution is 4.81. The molecule has 0 aliphatic carbocycles. The molecule has 0 aromatic heterocycles. The maximum atomic E-state index is 3.45. The van der Waals surface area contributed by atoms with Crippen LogP contribution in [0, 0.1) is 0 Å². The highest BCUT2D eigenvalue weighted by Crippen LogP contribution is 2.15. The van der Waals surface area contributed by atoms with Gasteiger partial charge in [-0.15, -0.1) is 0 Å². The summed E-state index contributed by atoms with van der Waals surface area (Å²) in [5.74, 6) is 0. The van der Waals surface area contributed by atoms with E-state index in [4.69, 9.17) is 0 Å². The molecule has 2 heteroatoms. The largest absolute Gasteiger partial charge is 0.315 e. The van der Waals surface area contributed by atoms with Gasteiger partial charge in [0.1, 0.15) is 0 Å². The molecule has 0 spiro atoms. The van der Waals surface area contributed by atoms with Crippen molar-refractivity contribution in [2.24, 2.45) is 0 Å². The Hall–Kier alpha value is -0.0800. The van der Waals surface area contributed by atoms with E-state index in [0.29, 0.717) is 0 Å². The van der Waals surface area contributed by atoms with E-state index in [0.717, 1.165) is 12.1 Å². The van der Waals surface area contributed by atoms with Crippen LogP contribution in [0.1, 0.15) is 58.8 Å². The first-order valence-corrected chi connectivity index (χ1v) is 7.18. The second kappa shape index (κ2) is 8.08. The summed E-state index contributed by atoms with van der Waals surface area (Å²) in [5.41, 5.74) is 0. The zero-order valence-corrected chi connectivity index (χ0v) is 11.5. The minimum atomic E-state index is 0.756. The quantitative estimate of drug-likeness (QED) is 0.640. The van der Waals surface area contributed by atoms with E-state index in [2.05, 4.69) is 31.1 Å². The van der Waals surface area contributed by atoms with Crippen molar-refractivity contribution in [2.45, 2.75) is 70.9 Å². The summed E-state index contributed by atoms with van der Waals surface area (Å²) in [7, 11) is 2.30. The molecule has 0 radical (unpaired) electrons. The molecule has 1 aliphatic heterocycles. The van der Waals surface area contributed by atoms with Crippen molar-refractivity contribution in [3.8, 4) is 0 Å². The van der Waals surface area contributed by atoms with Gasteiger partial charge < -0.3 is 5.32 Å². The van der Waals surface area contributed by atoms with E-state index in [-0.39, 0.29) is 0 Å². The van der Waals surface area contributed by atoms with Crippen LogP contribution in [-0.2, 0) is 0 Å². The molecular formula is C14H30N2. The number of nitrogens with zero attached hydrogens (tertiary/aromatic N) is 1. The van der Waals surface area contributed by atoms with Crippen molar-refractivity contribution >= 4 is 0 Å². The van der Waals surface area contributed by atoms with Gasteiger partial charge in [0.2, 0.25) is 0 Å². The SMILES string of the molecule is CCCCCCCC(C)N(C)C1CCNC1. The summed E-state index contributed by atoms with van der Waals surface area (Å²) in [4.78, 5) is 2.58. The summed E-state index contributed by atoms with van der Waals surface area (Å²) in [5, 5.41) is 3.45. The molecule has 2 unspecified atom stereocenters. The third kappa shape index (κ3) is 4.84. The summed E-state index contributed by atoms with van der Waals surface area (Å²) >= 11 is 0. The molecule has 0 aromatic rings.